The maximum Gasteiger partial charge on any atom is 0.237 e. The molecule has 2 atom stereocenters. The van der Waals surface area contributed by atoms with Crippen LogP contribution >= 0.6 is 0 Å². The van der Waals surface area contributed by atoms with E-state index in [-0.39, 0.29) is 23.5 Å². The minimum atomic E-state index is -2.96. The van der Waals surface area contributed by atoms with Crippen LogP contribution in [0, 0.1) is 5.92 Å². The van der Waals surface area contributed by atoms with Gasteiger partial charge in [-0.3, -0.25) is 9.69 Å². The summed E-state index contributed by atoms with van der Waals surface area (Å²) in [5.74, 6) is 0.963. The minimum Gasteiger partial charge on any atom is -0.381 e. The summed E-state index contributed by atoms with van der Waals surface area (Å²) in [7, 11) is -2.96. The predicted octanol–water partition coefficient (Wildman–Crippen LogP) is 0.523. The molecule has 1 saturated carbocycles. The molecule has 2 heterocycles. The number of ether oxygens (including phenoxy) is 1. The molecule has 2 unspecified atom stereocenters. The lowest BCUT2D eigenvalue weighted by Crippen LogP contribution is -2.47. The topological polar surface area (TPSA) is 66.9 Å². The van der Waals surface area contributed by atoms with Gasteiger partial charge in [0.15, 0.2) is 9.84 Å². The highest BCUT2D eigenvalue weighted by atomic mass is 32.2. The molecule has 132 valence electrons. The number of sulfone groups is 1. The number of carbonyl (C=O) groups excluding carboxylic acids is 1. The van der Waals surface area contributed by atoms with E-state index >= 15 is 0 Å². The third-order valence-corrected chi connectivity index (χ3v) is 6.98. The van der Waals surface area contributed by atoms with E-state index in [1.165, 1.54) is 12.8 Å². The summed E-state index contributed by atoms with van der Waals surface area (Å²) in [5.41, 5.74) is 0. The molecule has 0 spiro atoms. The van der Waals surface area contributed by atoms with E-state index in [4.69, 9.17) is 4.74 Å². The van der Waals surface area contributed by atoms with E-state index in [1.807, 2.05) is 6.92 Å². The summed E-state index contributed by atoms with van der Waals surface area (Å²) in [4.78, 5) is 16.8. The Balaban J connectivity index is 1.58. The van der Waals surface area contributed by atoms with Gasteiger partial charge >= 0.3 is 0 Å². The van der Waals surface area contributed by atoms with Gasteiger partial charge in [0.05, 0.1) is 24.7 Å². The summed E-state index contributed by atoms with van der Waals surface area (Å²) in [6, 6.07) is 0.402. The van der Waals surface area contributed by atoms with Crippen LogP contribution < -0.4 is 0 Å². The molecule has 2 aliphatic heterocycles. The molecule has 1 amide bonds. The Kier molecular flexibility index (Phi) is 5.28. The van der Waals surface area contributed by atoms with Crippen LogP contribution in [0.3, 0.4) is 0 Å². The molecular weight excluding hydrogens is 316 g/mol. The first kappa shape index (κ1) is 17.2. The van der Waals surface area contributed by atoms with Gasteiger partial charge in [0.2, 0.25) is 5.91 Å². The molecular formula is C16H28N2O4S. The van der Waals surface area contributed by atoms with Crippen molar-refractivity contribution < 1.29 is 17.9 Å². The zero-order chi connectivity index (χ0) is 16.4. The van der Waals surface area contributed by atoms with E-state index in [1.54, 1.807) is 4.90 Å². The maximum atomic E-state index is 12.7. The summed E-state index contributed by atoms with van der Waals surface area (Å²) in [5, 5.41) is 0. The van der Waals surface area contributed by atoms with Crippen LogP contribution in [0.5, 0.6) is 0 Å². The van der Waals surface area contributed by atoms with Crippen molar-refractivity contribution in [1.82, 2.24) is 9.80 Å². The van der Waals surface area contributed by atoms with Gasteiger partial charge in [-0.15, -0.1) is 0 Å². The van der Waals surface area contributed by atoms with Crippen LogP contribution in [-0.2, 0) is 19.4 Å². The van der Waals surface area contributed by atoms with Crippen LogP contribution in [0.1, 0.15) is 32.6 Å². The van der Waals surface area contributed by atoms with Gasteiger partial charge < -0.3 is 9.64 Å². The lowest BCUT2D eigenvalue weighted by Gasteiger charge is -2.31. The fourth-order valence-corrected chi connectivity index (χ4v) is 5.50. The molecule has 3 fully saturated rings. The average molecular weight is 344 g/mol. The Morgan fingerprint density at radius 2 is 1.96 bits per heavy atom. The molecule has 3 rings (SSSR count). The fourth-order valence-electron chi connectivity index (χ4n) is 3.77. The van der Waals surface area contributed by atoms with E-state index < -0.39 is 9.84 Å². The molecule has 0 N–H and O–H groups in total. The van der Waals surface area contributed by atoms with Crippen LogP contribution in [0.2, 0.25) is 0 Å². The van der Waals surface area contributed by atoms with Gasteiger partial charge in [0, 0.05) is 31.8 Å². The molecule has 6 nitrogen and oxygen atoms in total. The number of hydrogen-bond donors (Lipinski definition) is 0. The zero-order valence-corrected chi connectivity index (χ0v) is 14.8. The second-order valence-corrected chi connectivity index (χ2v) is 9.36. The lowest BCUT2D eigenvalue weighted by atomic mass is 10.1. The van der Waals surface area contributed by atoms with Gasteiger partial charge in [-0.05, 0) is 38.5 Å². The highest BCUT2D eigenvalue weighted by Gasteiger charge is 2.37. The van der Waals surface area contributed by atoms with E-state index in [0.29, 0.717) is 31.5 Å². The van der Waals surface area contributed by atoms with Crippen LogP contribution in [-0.4, -0.2) is 80.6 Å². The number of likely N-dealkylation sites (N-methyl/N-ethyl adjacent to an activating group) is 1. The summed E-state index contributed by atoms with van der Waals surface area (Å²) in [6.07, 6.45) is 4.01. The predicted molar refractivity (Wildman–Crippen MR) is 88.0 cm³/mol. The highest BCUT2D eigenvalue weighted by molar-refractivity contribution is 7.91. The smallest absolute Gasteiger partial charge is 0.237 e. The molecule has 23 heavy (non-hydrogen) atoms. The van der Waals surface area contributed by atoms with Crippen molar-refractivity contribution in [1.29, 1.82) is 0 Å². The first-order valence-corrected chi connectivity index (χ1v) is 10.6. The largest absolute Gasteiger partial charge is 0.381 e. The summed E-state index contributed by atoms with van der Waals surface area (Å²) < 4.78 is 28.8. The van der Waals surface area contributed by atoms with Crippen LogP contribution in [0.15, 0.2) is 0 Å². The van der Waals surface area contributed by atoms with E-state index in [2.05, 4.69) is 4.90 Å². The minimum absolute atomic E-state index is 0.0837. The highest BCUT2D eigenvalue weighted by Crippen LogP contribution is 2.29. The van der Waals surface area contributed by atoms with Gasteiger partial charge in [0.1, 0.15) is 0 Å². The maximum absolute atomic E-state index is 12.7. The van der Waals surface area contributed by atoms with Crippen molar-refractivity contribution in [3.05, 3.63) is 0 Å². The molecule has 0 aromatic heterocycles. The average Bonchev–Trinajstić information content (AvgIpc) is 3.11. The quantitative estimate of drug-likeness (QED) is 0.674. The zero-order valence-electron chi connectivity index (χ0n) is 13.9. The summed E-state index contributed by atoms with van der Waals surface area (Å²) >= 11 is 0. The van der Waals surface area contributed by atoms with Crippen molar-refractivity contribution >= 4 is 15.7 Å². The van der Waals surface area contributed by atoms with Gasteiger partial charge in [-0.2, -0.15) is 0 Å². The normalized spacial score (nSPS) is 30.0. The first-order valence-electron chi connectivity index (χ1n) is 8.80. The Morgan fingerprint density at radius 3 is 2.48 bits per heavy atom. The van der Waals surface area contributed by atoms with Crippen molar-refractivity contribution in [3.63, 3.8) is 0 Å². The van der Waals surface area contributed by atoms with Crippen molar-refractivity contribution in [3.8, 4) is 0 Å². The molecule has 7 heteroatoms. The SMILES string of the molecule is CCN(C(=O)CN(CC1CCOC1)C1CC1)C1CCS(=O)(=O)C1. The van der Waals surface area contributed by atoms with E-state index in [9.17, 15) is 13.2 Å². The number of nitrogens with zero attached hydrogens (tertiary/aromatic N) is 2. The number of amides is 1. The molecule has 0 aromatic carbocycles. The van der Waals surface area contributed by atoms with Crippen LogP contribution in [0.25, 0.3) is 0 Å². The Morgan fingerprint density at radius 1 is 1.17 bits per heavy atom. The molecule has 1 aliphatic carbocycles. The van der Waals surface area contributed by atoms with Crippen LogP contribution in [0.4, 0.5) is 0 Å². The van der Waals surface area contributed by atoms with Crippen molar-refractivity contribution in [2.45, 2.75) is 44.7 Å². The van der Waals surface area contributed by atoms with Crippen molar-refractivity contribution in [2.24, 2.45) is 5.92 Å². The second-order valence-electron chi connectivity index (χ2n) is 7.13. The Labute approximate surface area is 139 Å². The molecule has 3 aliphatic rings. The number of hydrogen-bond acceptors (Lipinski definition) is 5. The fraction of sp³-hybridized carbons (Fsp3) is 0.938. The number of rotatable bonds is 7. The van der Waals surface area contributed by atoms with E-state index in [0.717, 1.165) is 26.2 Å². The van der Waals surface area contributed by atoms with Gasteiger partial charge in [-0.25, -0.2) is 8.42 Å². The molecule has 0 bridgehead atoms. The first-order chi connectivity index (χ1) is 11.0. The molecule has 2 saturated heterocycles. The summed E-state index contributed by atoms with van der Waals surface area (Å²) in [6.45, 7) is 5.51. The monoisotopic (exact) mass is 344 g/mol. The third-order valence-electron chi connectivity index (χ3n) is 5.23. The second kappa shape index (κ2) is 7.07. The van der Waals surface area contributed by atoms with Gasteiger partial charge in [-0.1, -0.05) is 0 Å². The number of carbonyl (C=O) groups is 1. The Hall–Kier alpha value is -0.660. The molecule has 0 aromatic rings. The third kappa shape index (κ3) is 4.45. The Bertz CT molecular complexity index is 526. The van der Waals surface area contributed by atoms with Crippen molar-refractivity contribution in [2.75, 3.05) is 44.4 Å². The van der Waals surface area contributed by atoms with Gasteiger partial charge in [0.25, 0.3) is 0 Å². The lowest BCUT2D eigenvalue weighted by molar-refractivity contribution is -0.134. The standard InChI is InChI=1S/C16H28N2O4S/c1-2-18(15-6-8-23(20,21)12-15)16(19)10-17(14-3-4-14)9-13-5-7-22-11-13/h13-15H,2-12H2,1H3. The molecule has 0 radical (unpaired) electrons.